The number of nitrogens with one attached hydrogen (secondary N) is 1. The van der Waals surface area contributed by atoms with E-state index in [4.69, 9.17) is 5.73 Å². The van der Waals surface area contributed by atoms with Crippen LogP contribution in [0.5, 0.6) is 0 Å². The first kappa shape index (κ1) is 24.4. The van der Waals surface area contributed by atoms with Gasteiger partial charge in [-0.15, -0.1) is 4.47 Å². The Balaban J connectivity index is 0.00000392. The van der Waals surface area contributed by atoms with Crippen molar-refractivity contribution in [3.63, 3.8) is 0 Å². The number of hydrogen-bond donors (Lipinski definition) is 3. The lowest BCUT2D eigenvalue weighted by molar-refractivity contribution is -0.913. The molecule has 0 radical (unpaired) electrons. The molecule has 0 unspecified atom stereocenters. The van der Waals surface area contributed by atoms with Gasteiger partial charge in [0.05, 0.1) is 38.1 Å². The number of nitrogen functional groups attached to an aromatic ring is 1. The number of likely N-dealkylation sites (N-methyl/N-ethyl adjacent to an activating group) is 2. The number of benzene rings is 1. The highest BCUT2D eigenvalue weighted by molar-refractivity contribution is 7.92. The summed E-state index contributed by atoms with van der Waals surface area (Å²) in [5.41, 5.74) is 6.32. The molecule has 160 valence electrons. The Bertz CT molecular complexity index is 782. The van der Waals surface area contributed by atoms with Crippen molar-refractivity contribution in [2.45, 2.75) is 13.3 Å². The Morgan fingerprint density at radius 3 is 2.50 bits per heavy atom. The van der Waals surface area contributed by atoms with Gasteiger partial charge in [-0.05, 0) is 25.2 Å². The van der Waals surface area contributed by atoms with Crippen LogP contribution >= 0.6 is 0 Å². The summed E-state index contributed by atoms with van der Waals surface area (Å²) in [7, 11) is 0.308. The highest BCUT2D eigenvalue weighted by atomic mass is 35.5. The van der Waals surface area contributed by atoms with Gasteiger partial charge in [0.2, 0.25) is 5.91 Å². The van der Waals surface area contributed by atoms with Crippen molar-refractivity contribution in [3.05, 3.63) is 18.2 Å². The molecular formula is C17H30ClN5O4S. The monoisotopic (exact) mass is 435 g/mol. The van der Waals surface area contributed by atoms with Crippen LogP contribution < -0.4 is 27.9 Å². The Hall–Kier alpha value is -1.59. The zero-order valence-electron chi connectivity index (χ0n) is 16.6. The fraction of sp³-hybridized carbons (Fsp3) is 0.588. The van der Waals surface area contributed by atoms with E-state index in [1.807, 2.05) is 0 Å². The van der Waals surface area contributed by atoms with E-state index in [0.29, 0.717) is 12.1 Å². The molecule has 4 N–H and O–H groups in total. The first-order chi connectivity index (χ1) is 12.5. The maximum atomic E-state index is 12.5. The van der Waals surface area contributed by atoms with Gasteiger partial charge in [0, 0.05) is 32.1 Å². The largest absolute Gasteiger partial charge is 1.00 e. The number of halogens is 1. The van der Waals surface area contributed by atoms with E-state index in [0.717, 1.165) is 37.2 Å². The van der Waals surface area contributed by atoms with E-state index in [2.05, 4.69) is 24.3 Å². The second-order valence-electron chi connectivity index (χ2n) is 7.46. The van der Waals surface area contributed by atoms with Gasteiger partial charge < -0.3 is 27.9 Å². The van der Waals surface area contributed by atoms with E-state index in [1.165, 1.54) is 25.1 Å². The molecule has 11 heteroatoms. The van der Waals surface area contributed by atoms with Gasteiger partial charge in [-0.1, -0.05) is 0 Å². The molecule has 1 aliphatic rings. The predicted octanol–water partition coefficient (Wildman–Crippen LogP) is -2.46. The summed E-state index contributed by atoms with van der Waals surface area (Å²) in [6.07, 6.45) is 0.448. The number of carbonyl (C=O) groups is 1. The van der Waals surface area contributed by atoms with Crippen molar-refractivity contribution >= 4 is 33.0 Å². The number of anilines is 3. The SMILES string of the molecule is CC(=O)Nc1ccc(N(O)S(=O)(=O)CCC[N+]2(C)CCN(C)CC2)c(N)c1.[Cl-]. The van der Waals surface area contributed by atoms with Crippen LogP contribution in [-0.2, 0) is 14.8 Å². The van der Waals surface area contributed by atoms with E-state index in [9.17, 15) is 18.4 Å². The van der Waals surface area contributed by atoms with Crippen LogP contribution in [0, 0.1) is 0 Å². The topological polar surface area (TPSA) is 116 Å². The molecule has 1 fully saturated rings. The molecule has 2 rings (SSSR count). The third-order valence-electron chi connectivity index (χ3n) is 4.96. The third kappa shape index (κ3) is 6.49. The van der Waals surface area contributed by atoms with Crippen molar-refractivity contribution in [2.24, 2.45) is 0 Å². The Labute approximate surface area is 173 Å². The number of nitrogens with two attached hydrogens (primary N) is 1. The summed E-state index contributed by atoms with van der Waals surface area (Å²) >= 11 is 0. The number of nitrogens with zero attached hydrogens (tertiary/aromatic N) is 3. The van der Waals surface area contributed by atoms with Crippen LogP contribution in [-0.4, -0.2) is 81.5 Å². The van der Waals surface area contributed by atoms with Gasteiger partial charge in [-0.3, -0.25) is 14.9 Å². The van der Waals surface area contributed by atoms with Crippen molar-refractivity contribution in [2.75, 3.05) is 68.1 Å². The van der Waals surface area contributed by atoms with Gasteiger partial charge in [0.1, 0.15) is 5.69 Å². The van der Waals surface area contributed by atoms with Gasteiger partial charge in [0.25, 0.3) is 10.0 Å². The molecular weight excluding hydrogens is 406 g/mol. The van der Waals surface area contributed by atoms with E-state index in [1.54, 1.807) is 0 Å². The number of hydrogen-bond acceptors (Lipinski definition) is 6. The van der Waals surface area contributed by atoms with Crippen molar-refractivity contribution in [1.82, 2.24) is 4.90 Å². The molecule has 0 aliphatic carbocycles. The van der Waals surface area contributed by atoms with Gasteiger partial charge in [-0.25, -0.2) is 8.42 Å². The van der Waals surface area contributed by atoms with Gasteiger partial charge in [0.15, 0.2) is 0 Å². The fourth-order valence-electron chi connectivity index (χ4n) is 3.15. The predicted molar refractivity (Wildman–Crippen MR) is 106 cm³/mol. The Kier molecular flexibility index (Phi) is 8.51. The molecule has 1 aromatic rings. The minimum Gasteiger partial charge on any atom is -1.00 e. The van der Waals surface area contributed by atoms with Crippen molar-refractivity contribution in [3.8, 4) is 0 Å². The van der Waals surface area contributed by atoms with E-state index in [-0.39, 0.29) is 39.9 Å². The molecule has 9 nitrogen and oxygen atoms in total. The Morgan fingerprint density at radius 2 is 1.96 bits per heavy atom. The molecule has 1 aliphatic heterocycles. The Morgan fingerprint density at radius 1 is 1.36 bits per heavy atom. The van der Waals surface area contributed by atoms with Crippen LogP contribution in [0.2, 0.25) is 0 Å². The summed E-state index contributed by atoms with van der Waals surface area (Å²) < 4.78 is 26.0. The van der Waals surface area contributed by atoms with Crippen molar-refractivity contribution in [1.29, 1.82) is 0 Å². The second kappa shape index (κ2) is 9.75. The smallest absolute Gasteiger partial charge is 0.257 e. The second-order valence-corrected chi connectivity index (χ2v) is 9.38. The lowest BCUT2D eigenvalue weighted by Crippen LogP contribution is -3.00. The zero-order valence-corrected chi connectivity index (χ0v) is 18.1. The highest BCUT2D eigenvalue weighted by Gasteiger charge is 2.29. The van der Waals surface area contributed by atoms with Crippen LogP contribution in [0.3, 0.4) is 0 Å². The molecule has 0 aromatic heterocycles. The maximum Gasteiger partial charge on any atom is 0.257 e. The summed E-state index contributed by atoms with van der Waals surface area (Å²) in [6, 6.07) is 4.26. The van der Waals surface area contributed by atoms with Crippen LogP contribution in [0.4, 0.5) is 17.1 Å². The van der Waals surface area contributed by atoms with E-state index < -0.39 is 10.0 Å². The third-order valence-corrected chi connectivity index (χ3v) is 6.49. The standard InChI is InChI=1S/C17H29N5O4S.ClH/c1-14(23)19-15-5-6-17(16(18)13-15)21(24)27(25,26)12-4-9-22(3)10-7-20(2)8-11-22;/h5-6,13,24H,4,7-12,18H2,1-3H3;1H. The summed E-state index contributed by atoms with van der Waals surface area (Å²) in [6.45, 7) is 6.04. The van der Waals surface area contributed by atoms with Crippen LogP contribution in [0.15, 0.2) is 18.2 Å². The number of piperazine rings is 1. The first-order valence-corrected chi connectivity index (χ1v) is 10.5. The fourth-order valence-corrected chi connectivity index (χ4v) is 4.28. The average molecular weight is 436 g/mol. The minimum atomic E-state index is -3.91. The zero-order chi connectivity index (χ0) is 20.2. The number of sulfonamides is 1. The lowest BCUT2D eigenvalue weighted by atomic mass is 10.2. The number of rotatable bonds is 7. The first-order valence-electron chi connectivity index (χ1n) is 8.93. The average Bonchev–Trinajstić information content (AvgIpc) is 2.57. The molecule has 0 spiro atoms. The van der Waals surface area contributed by atoms with Crippen LogP contribution in [0.1, 0.15) is 13.3 Å². The molecule has 1 heterocycles. The quantitative estimate of drug-likeness (QED) is 0.248. The maximum absolute atomic E-state index is 12.5. The summed E-state index contributed by atoms with van der Waals surface area (Å²) in [5, 5.41) is 12.8. The highest BCUT2D eigenvalue weighted by Crippen LogP contribution is 2.28. The summed E-state index contributed by atoms with van der Waals surface area (Å²) in [5.74, 6) is -0.434. The number of carbonyl (C=O) groups excluding carboxylic acids is 1. The molecule has 0 atom stereocenters. The molecule has 1 amide bonds. The number of amides is 1. The molecule has 28 heavy (non-hydrogen) atoms. The molecule has 1 aromatic carbocycles. The number of quaternary nitrogens is 1. The lowest BCUT2D eigenvalue weighted by Gasteiger charge is -2.41. The van der Waals surface area contributed by atoms with Crippen LogP contribution in [0.25, 0.3) is 0 Å². The van der Waals surface area contributed by atoms with Gasteiger partial charge >= 0.3 is 0 Å². The summed E-state index contributed by atoms with van der Waals surface area (Å²) in [4.78, 5) is 13.3. The normalized spacial score (nSPS) is 16.9. The molecule has 0 saturated carbocycles. The minimum absolute atomic E-state index is 0. The van der Waals surface area contributed by atoms with Gasteiger partial charge in [-0.2, -0.15) is 0 Å². The van der Waals surface area contributed by atoms with E-state index >= 15 is 0 Å². The molecule has 1 saturated heterocycles. The molecule has 0 bridgehead atoms. The van der Waals surface area contributed by atoms with Crippen molar-refractivity contribution < 1.29 is 35.3 Å².